The number of halogens is 3. The minimum absolute atomic E-state index is 0.484. The molecule has 0 amide bonds. The van der Waals surface area contributed by atoms with Crippen molar-refractivity contribution < 1.29 is 27.6 Å². The zero-order chi connectivity index (χ0) is 22.0. The van der Waals surface area contributed by atoms with Gasteiger partial charge in [0, 0.05) is 12.2 Å². The van der Waals surface area contributed by atoms with Gasteiger partial charge in [-0.2, -0.15) is 18.3 Å². The monoisotopic (exact) mass is 420 g/mol. The Balaban J connectivity index is 0.000000516. The quantitative estimate of drug-likeness (QED) is 0.365. The van der Waals surface area contributed by atoms with Crippen LogP contribution in [0.2, 0.25) is 0 Å². The number of imidazole rings is 1. The van der Waals surface area contributed by atoms with E-state index in [1.54, 1.807) is 17.9 Å². The van der Waals surface area contributed by atoms with Crippen molar-refractivity contribution in [2.24, 2.45) is 28.7 Å². The van der Waals surface area contributed by atoms with Crippen molar-refractivity contribution in [1.29, 1.82) is 0 Å². The van der Waals surface area contributed by atoms with Crippen LogP contribution in [-0.4, -0.2) is 44.7 Å². The van der Waals surface area contributed by atoms with E-state index in [4.69, 9.17) is 27.1 Å². The minimum Gasteiger partial charge on any atom is -0.475 e. The normalized spacial score (nSPS) is 11.5. The van der Waals surface area contributed by atoms with Gasteiger partial charge in [-0.25, -0.2) is 13.9 Å². The maximum Gasteiger partial charge on any atom is 0.490 e. The van der Waals surface area contributed by atoms with Gasteiger partial charge < -0.3 is 22.3 Å². The molecule has 0 unspecified atom stereocenters. The van der Waals surface area contributed by atoms with Crippen LogP contribution in [0.1, 0.15) is 12.8 Å². The van der Waals surface area contributed by atoms with Gasteiger partial charge in [-0.3, -0.25) is 4.68 Å². The Bertz CT molecular complexity index is 789. The first-order chi connectivity index (χ1) is 13.6. The molecule has 0 saturated heterocycles. The maximum absolute atomic E-state index is 10.6. The topological polar surface area (TPSA) is 167 Å². The fourth-order valence-electron chi connectivity index (χ4n) is 2.06. The molecule has 0 fully saturated rings. The zero-order valence-corrected chi connectivity index (χ0v) is 15.9. The van der Waals surface area contributed by atoms with Crippen molar-refractivity contribution in [2.45, 2.75) is 32.1 Å². The Morgan fingerprint density at radius 1 is 1.28 bits per heavy atom. The van der Waals surface area contributed by atoms with E-state index >= 15 is 0 Å². The largest absolute Gasteiger partial charge is 0.490 e. The standard InChI is InChI=1S/C13H23N9.C2HF3O2/c1-20-12(16)11(10-17-20)18-19-13-21(6-2-4-14)8-9-22(13)7-3-5-15;3-2(4,5)1(6)7/h8-10,16H,2-7,14-15H2,1H3;(H,6,7)/p+1. The number of rotatable bonds is 8. The van der Waals surface area contributed by atoms with Crippen molar-refractivity contribution in [1.82, 2.24) is 14.3 Å². The van der Waals surface area contributed by atoms with Crippen LogP contribution >= 0.6 is 0 Å². The average molecular weight is 420 g/mol. The van der Waals surface area contributed by atoms with Gasteiger partial charge in [0.05, 0.1) is 31.7 Å². The molecule has 14 heteroatoms. The van der Waals surface area contributed by atoms with Gasteiger partial charge >= 0.3 is 18.1 Å². The summed E-state index contributed by atoms with van der Waals surface area (Å²) < 4.78 is 37.4. The number of azo groups is 1. The SMILES string of the molecule is Cn1ncc(/N=N/c2n(CCCN)cc[n+]2CCCN)c1N.O=C(O)C(F)(F)F. The summed E-state index contributed by atoms with van der Waals surface area (Å²) in [7, 11) is 1.76. The molecule has 2 aromatic rings. The number of hydrogen-bond acceptors (Lipinski definition) is 7. The molecule has 2 heterocycles. The molecule has 29 heavy (non-hydrogen) atoms. The number of carboxylic acids is 1. The molecule has 0 aliphatic rings. The number of aromatic nitrogens is 4. The predicted molar refractivity (Wildman–Crippen MR) is 97.5 cm³/mol. The molecule has 2 aromatic heterocycles. The fraction of sp³-hybridized carbons (Fsp3) is 0.533. The van der Waals surface area contributed by atoms with Gasteiger partial charge in [0.1, 0.15) is 0 Å². The highest BCUT2D eigenvalue weighted by Gasteiger charge is 2.38. The molecule has 0 aliphatic carbocycles. The second-order valence-electron chi connectivity index (χ2n) is 5.81. The summed E-state index contributed by atoms with van der Waals surface area (Å²) in [6.07, 6.45) is 2.22. The molecule has 162 valence electrons. The Morgan fingerprint density at radius 3 is 2.38 bits per heavy atom. The van der Waals surface area contributed by atoms with Crippen LogP contribution < -0.4 is 21.8 Å². The first kappa shape index (κ1) is 24.0. The molecule has 2 rings (SSSR count). The van der Waals surface area contributed by atoms with Crippen molar-refractivity contribution in [3.8, 4) is 0 Å². The molecule has 0 aromatic carbocycles. The average Bonchev–Trinajstić information content (AvgIpc) is 3.19. The molecule has 0 spiro atoms. The smallest absolute Gasteiger partial charge is 0.475 e. The molecular formula is C15H25F3N9O2+. The number of aliphatic carboxylic acids is 1. The Morgan fingerprint density at radius 2 is 1.90 bits per heavy atom. The van der Waals surface area contributed by atoms with Crippen molar-refractivity contribution in [3.05, 3.63) is 18.6 Å². The summed E-state index contributed by atoms with van der Waals surface area (Å²) in [5.41, 5.74) is 17.6. The first-order valence-corrected chi connectivity index (χ1v) is 8.59. The summed E-state index contributed by atoms with van der Waals surface area (Å²) >= 11 is 0. The molecule has 0 radical (unpaired) electrons. The lowest BCUT2D eigenvalue weighted by molar-refractivity contribution is -0.683. The zero-order valence-electron chi connectivity index (χ0n) is 15.9. The molecule has 0 bridgehead atoms. The lowest BCUT2D eigenvalue weighted by Crippen LogP contribution is -2.33. The van der Waals surface area contributed by atoms with Crippen LogP contribution in [0.5, 0.6) is 0 Å². The number of carbonyl (C=O) groups is 1. The first-order valence-electron chi connectivity index (χ1n) is 8.59. The van der Waals surface area contributed by atoms with Crippen molar-refractivity contribution in [2.75, 3.05) is 18.8 Å². The second kappa shape index (κ2) is 11.1. The lowest BCUT2D eigenvalue weighted by atomic mass is 10.4. The van der Waals surface area contributed by atoms with E-state index in [0.717, 1.165) is 31.9 Å². The number of alkyl halides is 3. The summed E-state index contributed by atoms with van der Waals surface area (Å²) in [6.45, 7) is 2.85. The van der Waals surface area contributed by atoms with Crippen LogP contribution in [0.15, 0.2) is 28.8 Å². The third-order valence-corrected chi connectivity index (χ3v) is 3.60. The highest BCUT2D eigenvalue weighted by atomic mass is 19.4. The number of carboxylic acid groups (broad SMARTS) is 1. The van der Waals surface area contributed by atoms with Crippen molar-refractivity contribution >= 4 is 23.4 Å². The van der Waals surface area contributed by atoms with Crippen LogP contribution in [0.25, 0.3) is 0 Å². The van der Waals surface area contributed by atoms with E-state index in [1.165, 1.54) is 0 Å². The van der Waals surface area contributed by atoms with E-state index in [1.807, 2.05) is 21.5 Å². The highest BCUT2D eigenvalue weighted by Crippen LogP contribution is 2.22. The van der Waals surface area contributed by atoms with Gasteiger partial charge in [-0.1, -0.05) is 5.11 Å². The van der Waals surface area contributed by atoms with E-state index < -0.39 is 12.1 Å². The van der Waals surface area contributed by atoms with E-state index in [9.17, 15) is 13.2 Å². The molecule has 0 saturated carbocycles. The van der Waals surface area contributed by atoms with E-state index in [2.05, 4.69) is 15.3 Å². The van der Waals surface area contributed by atoms with Crippen molar-refractivity contribution in [3.63, 3.8) is 0 Å². The van der Waals surface area contributed by atoms with Gasteiger partial charge in [0.15, 0.2) is 11.5 Å². The summed E-state index contributed by atoms with van der Waals surface area (Å²) in [5.74, 6) is -1.52. The third kappa shape index (κ3) is 7.50. The van der Waals surface area contributed by atoms with Crippen LogP contribution in [0.4, 0.5) is 30.6 Å². The third-order valence-electron chi connectivity index (χ3n) is 3.60. The highest BCUT2D eigenvalue weighted by molar-refractivity contribution is 5.73. The predicted octanol–water partition coefficient (Wildman–Crippen LogP) is 0.838. The van der Waals surface area contributed by atoms with Gasteiger partial charge in [0.2, 0.25) is 0 Å². The number of nitrogens with two attached hydrogens (primary N) is 3. The summed E-state index contributed by atoms with van der Waals surface area (Å²) in [6, 6.07) is 0. The fourth-order valence-corrected chi connectivity index (χ4v) is 2.06. The van der Waals surface area contributed by atoms with Crippen LogP contribution in [-0.2, 0) is 24.9 Å². The van der Waals surface area contributed by atoms with Gasteiger partial charge in [-0.05, 0) is 25.9 Å². The van der Waals surface area contributed by atoms with Crippen LogP contribution in [0, 0.1) is 0 Å². The Hall–Kier alpha value is -3.00. The second-order valence-corrected chi connectivity index (χ2v) is 5.81. The number of nitrogens with zero attached hydrogens (tertiary/aromatic N) is 6. The molecule has 7 N–H and O–H groups in total. The molecule has 0 aliphatic heterocycles. The number of nitrogen functional groups attached to an aromatic ring is 1. The Kier molecular flexibility index (Phi) is 9.21. The number of anilines is 1. The van der Waals surface area contributed by atoms with E-state index in [0.29, 0.717) is 24.6 Å². The maximum atomic E-state index is 10.6. The number of aryl methyl sites for hydroxylation is 3. The Labute approximate surface area is 164 Å². The van der Waals surface area contributed by atoms with Crippen LogP contribution in [0.3, 0.4) is 0 Å². The molecule has 11 nitrogen and oxygen atoms in total. The minimum atomic E-state index is -5.08. The van der Waals surface area contributed by atoms with E-state index in [-0.39, 0.29) is 0 Å². The number of hydrogen-bond donors (Lipinski definition) is 4. The lowest BCUT2D eigenvalue weighted by Gasteiger charge is -1.99. The summed E-state index contributed by atoms with van der Waals surface area (Å²) in [5, 5.41) is 19.7. The summed E-state index contributed by atoms with van der Waals surface area (Å²) in [4.78, 5) is 8.90. The van der Waals surface area contributed by atoms with Gasteiger partial charge in [-0.15, -0.1) is 0 Å². The van der Waals surface area contributed by atoms with Gasteiger partial charge in [0.25, 0.3) is 0 Å². The molecule has 0 atom stereocenters. The molecular weight excluding hydrogens is 395 g/mol.